The topological polar surface area (TPSA) is 126 Å². The van der Waals surface area contributed by atoms with E-state index in [1.54, 1.807) is 41.5 Å². The highest BCUT2D eigenvalue weighted by Gasteiger charge is 2.47. The van der Waals surface area contributed by atoms with Crippen LogP contribution in [-0.2, 0) is 19.0 Å². The molecule has 0 aromatic rings. The van der Waals surface area contributed by atoms with Gasteiger partial charge in [-0.1, -0.05) is 0 Å². The van der Waals surface area contributed by atoms with E-state index < -0.39 is 53.8 Å². The molecule has 0 spiro atoms. The zero-order chi connectivity index (χ0) is 27.8. The van der Waals surface area contributed by atoms with Crippen molar-refractivity contribution in [3.63, 3.8) is 0 Å². The van der Waals surface area contributed by atoms with Crippen molar-refractivity contribution in [1.29, 1.82) is 0 Å². The van der Waals surface area contributed by atoms with Gasteiger partial charge in [0, 0.05) is 47.6 Å². The molecule has 0 bridgehead atoms. The standard InChI is InChI=1S/C10H16FNO4.C10H18FNO3.C4H8O.B/c1-9(2,3)16-8(15)12-5-4-10(11,6-12)7(13)14;1-9(2,3)15-8(14)12-5-4-10(11,6-12)7-13;1-2-4-5-3-1;/h4-6H2,1-3H3,(H,13,14);13H,4-7H2,1-3H3;1-4H2;/t2*10-;;/m11../s1. The molecule has 3 rings (SSSR count). The SMILES string of the molecule is C1CCOC1.CC(C)(C)OC(=O)N1CC[C@](F)(C(=O)O)C1.CC(C)(C)OC(=O)N1CC[C@](F)(CO)C1.[B]. The van der Waals surface area contributed by atoms with Gasteiger partial charge in [0.2, 0.25) is 5.67 Å². The van der Waals surface area contributed by atoms with Gasteiger partial charge in [-0.3, -0.25) is 0 Å². The molecule has 0 aliphatic carbocycles. The monoisotopic (exact) mass is 535 g/mol. The van der Waals surface area contributed by atoms with E-state index in [1.807, 2.05) is 0 Å². The molecule has 3 aliphatic heterocycles. The fourth-order valence-corrected chi connectivity index (χ4v) is 3.39. The molecule has 0 aromatic carbocycles. The van der Waals surface area contributed by atoms with Gasteiger partial charge in [-0.25, -0.2) is 23.2 Å². The number of carboxylic acid groups (broad SMARTS) is 1. The number of rotatable bonds is 2. The quantitative estimate of drug-likeness (QED) is 0.517. The lowest BCUT2D eigenvalue weighted by Gasteiger charge is -2.24. The van der Waals surface area contributed by atoms with Gasteiger partial charge in [-0.05, 0) is 54.4 Å². The maximum Gasteiger partial charge on any atom is 0.410 e. The Labute approximate surface area is 220 Å². The molecule has 3 saturated heterocycles. The predicted molar refractivity (Wildman–Crippen MR) is 133 cm³/mol. The number of halogens is 2. The molecule has 3 aliphatic rings. The molecular formula is C24H42BF2N2O8. The van der Waals surface area contributed by atoms with Gasteiger partial charge in [0.15, 0.2) is 5.67 Å². The number of aliphatic hydroxyl groups is 1. The number of aliphatic hydroxyl groups excluding tert-OH is 1. The first-order valence-corrected chi connectivity index (χ1v) is 12.2. The Morgan fingerprint density at radius 3 is 1.59 bits per heavy atom. The van der Waals surface area contributed by atoms with Crippen molar-refractivity contribution in [2.45, 2.75) is 89.8 Å². The zero-order valence-corrected chi connectivity index (χ0v) is 22.8. The number of hydrogen-bond donors (Lipinski definition) is 2. The minimum atomic E-state index is -2.34. The molecule has 2 atom stereocenters. The third-order valence-electron chi connectivity index (χ3n) is 5.32. The second-order valence-electron chi connectivity index (χ2n) is 11.2. The van der Waals surface area contributed by atoms with Crippen molar-refractivity contribution >= 4 is 26.6 Å². The van der Waals surface area contributed by atoms with Gasteiger partial charge in [0.1, 0.15) is 11.2 Å². The Morgan fingerprint density at radius 1 is 0.865 bits per heavy atom. The highest BCUT2D eigenvalue weighted by atomic mass is 19.1. The van der Waals surface area contributed by atoms with Gasteiger partial charge in [0.25, 0.3) is 0 Å². The molecular weight excluding hydrogens is 493 g/mol. The molecule has 13 heteroatoms. The summed E-state index contributed by atoms with van der Waals surface area (Å²) in [7, 11) is 0. The van der Waals surface area contributed by atoms with Crippen LogP contribution in [0, 0.1) is 0 Å². The van der Waals surface area contributed by atoms with Crippen molar-refractivity contribution in [2.75, 3.05) is 46.0 Å². The van der Waals surface area contributed by atoms with Crippen LogP contribution in [0.3, 0.4) is 0 Å². The summed E-state index contributed by atoms with van der Waals surface area (Å²) in [5, 5.41) is 17.5. The van der Waals surface area contributed by atoms with Gasteiger partial charge in [-0.2, -0.15) is 0 Å². The second kappa shape index (κ2) is 14.1. The summed E-state index contributed by atoms with van der Waals surface area (Å²) in [4.78, 5) is 36.0. The highest BCUT2D eigenvalue weighted by Crippen LogP contribution is 2.27. The molecule has 0 saturated carbocycles. The molecule has 10 nitrogen and oxygen atoms in total. The van der Waals surface area contributed by atoms with E-state index in [1.165, 1.54) is 17.7 Å². The number of nitrogens with zero attached hydrogens (tertiary/aromatic N) is 2. The van der Waals surface area contributed by atoms with Gasteiger partial charge in [-0.15, -0.1) is 0 Å². The summed E-state index contributed by atoms with van der Waals surface area (Å²) in [6.07, 6.45) is 1.34. The van der Waals surface area contributed by atoms with E-state index in [9.17, 15) is 23.2 Å². The van der Waals surface area contributed by atoms with E-state index in [0.29, 0.717) is 6.54 Å². The number of likely N-dealkylation sites (tertiary alicyclic amines) is 2. The average Bonchev–Trinajstić information content (AvgIpc) is 3.48. The number of carbonyl (C=O) groups is 3. The summed E-state index contributed by atoms with van der Waals surface area (Å²) < 4.78 is 42.3. The van der Waals surface area contributed by atoms with Gasteiger partial charge in [0.05, 0.1) is 19.7 Å². The molecule has 0 unspecified atom stereocenters. The smallest absolute Gasteiger partial charge is 0.410 e. The predicted octanol–water partition coefficient (Wildman–Crippen LogP) is 3.16. The van der Waals surface area contributed by atoms with Crippen LogP contribution >= 0.6 is 0 Å². The fourth-order valence-electron chi connectivity index (χ4n) is 3.39. The molecule has 3 heterocycles. The summed E-state index contributed by atoms with van der Waals surface area (Å²) >= 11 is 0. The van der Waals surface area contributed by atoms with E-state index in [2.05, 4.69) is 0 Å². The van der Waals surface area contributed by atoms with E-state index in [0.717, 1.165) is 18.1 Å². The first-order valence-electron chi connectivity index (χ1n) is 12.2. The molecule has 2 amide bonds. The van der Waals surface area contributed by atoms with E-state index >= 15 is 0 Å². The number of ether oxygens (including phenoxy) is 3. The third kappa shape index (κ3) is 12.8. The Morgan fingerprint density at radius 2 is 1.30 bits per heavy atom. The van der Waals surface area contributed by atoms with Crippen molar-refractivity contribution in [3.8, 4) is 0 Å². The molecule has 2 N–H and O–H groups in total. The van der Waals surface area contributed by atoms with Crippen LogP contribution in [0.4, 0.5) is 18.4 Å². The van der Waals surface area contributed by atoms with Crippen LogP contribution in [0.25, 0.3) is 0 Å². The Kier molecular flexibility index (Phi) is 13.3. The molecule has 37 heavy (non-hydrogen) atoms. The zero-order valence-electron chi connectivity index (χ0n) is 22.8. The van der Waals surface area contributed by atoms with Crippen LogP contribution in [0.2, 0.25) is 0 Å². The van der Waals surface area contributed by atoms with Gasteiger partial charge >= 0.3 is 18.2 Å². The number of amides is 2. The summed E-state index contributed by atoms with van der Waals surface area (Å²) in [6, 6.07) is 0. The van der Waals surface area contributed by atoms with Crippen LogP contribution in [0.1, 0.15) is 67.2 Å². The number of carbonyl (C=O) groups excluding carboxylic acids is 2. The number of hydrogen-bond acceptors (Lipinski definition) is 7. The maximum absolute atomic E-state index is 13.6. The third-order valence-corrected chi connectivity index (χ3v) is 5.32. The first kappa shape index (κ1) is 34.9. The average molecular weight is 535 g/mol. The fraction of sp³-hybridized carbons (Fsp3) is 0.875. The van der Waals surface area contributed by atoms with E-state index in [4.69, 9.17) is 24.4 Å². The van der Waals surface area contributed by atoms with Crippen LogP contribution < -0.4 is 0 Å². The van der Waals surface area contributed by atoms with Crippen LogP contribution in [0.5, 0.6) is 0 Å². The van der Waals surface area contributed by atoms with Crippen molar-refractivity contribution in [1.82, 2.24) is 9.80 Å². The number of alkyl halides is 2. The Balaban J connectivity index is 0.000000576. The first-order chi connectivity index (χ1) is 16.4. The second-order valence-corrected chi connectivity index (χ2v) is 11.2. The Bertz CT molecular complexity index is 750. The number of aliphatic carboxylic acids is 1. The van der Waals surface area contributed by atoms with Crippen molar-refractivity contribution in [3.05, 3.63) is 0 Å². The highest BCUT2D eigenvalue weighted by molar-refractivity contribution is 5.80. The summed E-state index contributed by atoms with van der Waals surface area (Å²) in [5.74, 6) is -1.53. The van der Waals surface area contributed by atoms with Crippen molar-refractivity contribution < 1.29 is 47.6 Å². The lowest BCUT2D eigenvalue weighted by Crippen LogP contribution is -2.40. The molecule has 3 fully saturated rings. The van der Waals surface area contributed by atoms with Crippen LogP contribution in [0.15, 0.2) is 0 Å². The minimum absolute atomic E-state index is 0. The largest absolute Gasteiger partial charge is 0.479 e. The lowest BCUT2D eigenvalue weighted by molar-refractivity contribution is -0.149. The summed E-state index contributed by atoms with van der Waals surface area (Å²) in [5.41, 5.74) is -5.23. The Hall–Kier alpha value is -2.15. The molecule has 0 aromatic heterocycles. The minimum Gasteiger partial charge on any atom is -0.479 e. The molecule has 213 valence electrons. The lowest BCUT2D eigenvalue weighted by atomic mass is 10.1. The van der Waals surface area contributed by atoms with Gasteiger partial charge < -0.3 is 34.2 Å². The summed E-state index contributed by atoms with van der Waals surface area (Å²) in [6.45, 7) is 11.6. The normalized spacial score (nSPS) is 25.2. The maximum atomic E-state index is 13.6. The van der Waals surface area contributed by atoms with E-state index in [-0.39, 0.29) is 34.3 Å². The van der Waals surface area contributed by atoms with Crippen LogP contribution in [-0.4, -0.2) is 115 Å². The molecule has 3 radical (unpaired) electrons. The van der Waals surface area contributed by atoms with Crippen molar-refractivity contribution in [2.24, 2.45) is 0 Å². The number of carboxylic acids is 1.